The van der Waals surface area contributed by atoms with E-state index in [1.807, 2.05) is 0 Å². The van der Waals surface area contributed by atoms with E-state index in [2.05, 4.69) is 34.6 Å². The Labute approximate surface area is 181 Å². The van der Waals surface area contributed by atoms with Crippen LogP contribution in [0.2, 0.25) is 30.8 Å². The van der Waals surface area contributed by atoms with E-state index in [0.717, 1.165) is 25.3 Å². The van der Waals surface area contributed by atoms with Crippen molar-refractivity contribution in [1.82, 2.24) is 15.0 Å². The minimum absolute atomic E-state index is 0.0262. The number of aromatic nitrogens is 3. The second-order valence-corrected chi connectivity index (χ2v) is 15.9. The summed E-state index contributed by atoms with van der Waals surface area (Å²) in [5, 5.41) is 0.104. The Morgan fingerprint density at radius 3 is 2.83 bits per heavy atom. The molecule has 2 aromatic rings. The second-order valence-electron chi connectivity index (χ2n) is 9.87. The Kier molecular flexibility index (Phi) is 5.92. The van der Waals surface area contributed by atoms with Crippen LogP contribution in [0.25, 0.3) is 10.9 Å². The molecule has 0 saturated heterocycles. The average molecular weight is 456 g/mol. The summed E-state index contributed by atoms with van der Waals surface area (Å²) < 4.78 is 40.5. The number of ether oxygens (including phenoxy) is 2. The fourth-order valence-electron chi connectivity index (χ4n) is 4.75. The number of fused-ring (bicyclic) bond motifs is 2. The molecule has 1 unspecified atom stereocenters. The Hall–Kier alpha value is -1.54. The molecule has 0 amide bonds. The van der Waals surface area contributed by atoms with Crippen molar-refractivity contribution in [3.8, 4) is 11.9 Å². The molecule has 4 rings (SSSR count). The van der Waals surface area contributed by atoms with E-state index in [4.69, 9.17) is 21.1 Å². The molecule has 0 aliphatic heterocycles. The third-order valence-electron chi connectivity index (χ3n) is 6.43. The van der Waals surface area contributed by atoms with E-state index in [-0.39, 0.29) is 28.0 Å². The fourth-order valence-corrected chi connectivity index (χ4v) is 5.61. The van der Waals surface area contributed by atoms with Gasteiger partial charge >= 0.3 is 6.01 Å². The first-order chi connectivity index (χ1) is 14.2. The van der Waals surface area contributed by atoms with Crippen molar-refractivity contribution in [2.24, 2.45) is 11.3 Å². The molecule has 3 atom stereocenters. The number of rotatable bonds is 7. The van der Waals surface area contributed by atoms with Gasteiger partial charge in [0.1, 0.15) is 11.7 Å². The summed E-state index contributed by atoms with van der Waals surface area (Å²) in [6.45, 7) is 7.56. The molecule has 2 heterocycles. The predicted octanol–water partition coefficient (Wildman–Crippen LogP) is 5.83. The molecule has 2 aromatic heterocycles. The van der Waals surface area contributed by atoms with Crippen LogP contribution in [-0.4, -0.2) is 42.4 Å². The molecule has 9 heteroatoms. The Balaban J connectivity index is 1.60. The minimum atomic E-state index is -1.31. The largest absolute Gasteiger partial charge is 0.477 e. The van der Waals surface area contributed by atoms with Crippen LogP contribution in [0.4, 0.5) is 8.78 Å². The lowest BCUT2D eigenvalue weighted by Gasteiger charge is -2.28. The molecule has 0 bridgehead atoms. The smallest absolute Gasteiger partial charge is 0.320 e. The number of pyridine rings is 1. The van der Waals surface area contributed by atoms with Crippen LogP contribution in [0.3, 0.4) is 0 Å². The van der Waals surface area contributed by atoms with Gasteiger partial charge in [0.2, 0.25) is 5.88 Å². The zero-order valence-electron chi connectivity index (χ0n) is 17.7. The maximum absolute atomic E-state index is 14.6. The SMILES string of the molecule is C[Si](C)(C)CCOc1nc(OC[C@@]23CCCC2C[C@H](F)C3)nc2c(F)c(Cl)ncc12. The monoisotopic (exact) mass is 455 g/mol. The van der Waals surface area contributed by atoms with Crippen molar-refractivity contribution >= 4 is 30.6 Å². The third kappa shape index (κ3) is 4.40. The van der Waals surface area contributed by atoms with Gasteiger partial charge in [0.05, 0.1) is 18.6 Å². The van der Waals surface area contributed by atoms with Crippen molar-refractivity contribution in [2.75, 3.05) is 13.2 Å². The third-order valence-corrected chi connectivity index (χ3v) is 8.39. The number of halogens is 3. The average Bonchev–Trinajstić information content (AvgIpc) is 3.18. The maximum atomic E-state index is 14.6. The van der Waals surface area contributed by atoms with Gasteiger partial charge in [-0.25, -0.2) is 13.8 Å². The zero-order valence-corrected chi connectivity index (χ0v) is 19.4. The summed E-state index contributed by atoms with van der Waals surface area (Å²) in [7, 11) is -1.31. The van der Waals surface area contributed by atoms with Crippen molar-refractivity contribution in [3.05, 3.63) is 17.2 Å². The van der Waals surface area contributed by atoms with E-state index in [1.54, 1.807) is 0 Å². The van der Waals surface area contributed by atoms with Gasteiger partial charge in [-0.2, -0.15) is 9.97 Å². The molecule has 30 heavy (non-hydrogen) atoms. The van der Waals surface area contributed by atoms with E-state index in [1.165, 1.54) is 6.20 Å². The summed E-state index contributed by atoms with van der Waals surface area (Å²) in [6.07, 6.45) is 4.81. The van der Waals surface area contributed by atoms with E-state index in [0.29, 0.717) is 37.4 Å². The van der Waals surface area contributed by atoms with Gasteiger partial charge in [0.15, 0.2) is 11.0 Å². The summed E-state index contributed by atoms with van der Waals surface area (Å²) in [5.74, 6) is -0.152. The number of hydrogen-bond donors (Lipinski definition) is 0. The lowest BCUT2D eigenvalue weighted by atomic mass is 9.81. The molecule has 0 aromatic carbocycles. The van der Waals surface area contributed by atoms with Crippen molar-refractivity contribution < 1.29 is 18.3 Å². The molecule has 2 fully saturated rings. The highest BCUT2D eigenvalue weighted by Crippen LogP contribution is 2.55. The summed E-state index contributed by atoms with van der Waals surface area (Å²) in [6, 6.07) is 0.968. The number of alkyl halides is 1. The Bertz CT molecular complexity index is 943. The summed E-state index contributed by atoms with van der Waals surface area (Å²) >= 11 is 5.86. The van der Waals surface area contributed by atoms with Crippen LogP contribution >= 0.6 is 11.6 Å². The molecule has 2 aliphatic carbocycles. The summed E-state index contributed by atoms with van der Waals surface area (Å²) in [4.78, 5) is 12.5. The topological polar surface area (TPSA) is 57.1 Å². The van der Waals surface area contributed by atoms with Gasteiger partial charge in [0.25, 0.3) is 0 Å². The van der Waals surface area contributed by atoms with Gasteiger partial charge in [-0.1, -0.05) is 37.7 Å². The highest BCUT2D eigenvalue weighted by atomic mass is 35.5. The molecule has 0 radical (unpaired) electrons. The highest BCUT2D eigenvalue weighted by molar-refractivity contribution is 6.76. The van der Waals surface area contributed by atoms with Crippen LogP contribution in [-0.2, 0) is 0 Å². The first kappa shape index (κ1) is 21.7. The standard InChI is InChI=1S/C21H28ClF2N3O2Si/c1-30(2,3)8-7-28-19-15-11-25-18(22)16(24)17(15)26-20(27-19)29-12-21-6-4-5-13(21)9-14(23)10-21/h11,13-14H,4-10,12H2,1-3H3/t13?,14-,21-/m0/s1. The normalized spacial score (nSPS) is 26.2. The molecule has 5 nitrogen and oxygen atoms in total. The summed E-state index contributed by atoms with van der Waals surface area (Å²) in [5.41, 5.74) is -0.149. The number of nitrogens with zero attached hydrogens (tertiary/aromatic N) is 3. The van der Waals surface area contributed by atoms with Gasteiger partial charge in [0, 0.05) is 19.7 Å². The predicted molar refractivity (Wildman–Crippen MR) is 115 cm³/mol. The molecule has 0 spiro atoms. The zero-order chi connectivity index (χ0) is 21.5. The van der Waals surface area contributed by atoms with Crippen LogP contribution in [0.1, 0.15) is 32.1 Å². The van der Waals surface area contributed by atoms with Crippen molar-refractivity contribution in [3.63, 3.8) is 0 Å². The maximum Gasteiger partial charge on any atom is 0.320 e. The van der Waals surface area contributed by atoms with Gasteiger partial charge in [-0.3, -0.25) is 0 Å². The van der Waals surface area contributed by atoms with Crippen LogP contribution in [0.5, 0.6) is 11.9 Å². The molecule has 2 saturated carbocycles. The first-order valence-electron chi connectivity index (χ1n) is 10.6. The van der Waals surface area contributed by atoms with Gasteiger partial charge in [-0.15, -0.1) is 0 Å². The van der Waals surface area contributed by atoms with E-state index in [9.17, 15) is 8.78 Å². The lowest BCUT2D eigenvalue weighted by molar-refractivity contribution is 0.109. The van der Waals surface area contributed by atoms with Crippen LogP contribution in [0, 0.1) is 17.2 Å². The van der Waals surface area contributed by atoms with Crippen LogP contribution in [0.15, 0.2) is 6.20 Å². The quantitative estimate of drug-likeness (QED) is 0.388. The highest BCUT2D eigenvalue weighted by Gasteiger charge is 2.51. The minimum Gasteiger partial charge on any atom is -0.477 e. The molecule has 164 valence electrons. The van der Waals surface area contributed by atoms with Crippen molar-refractivity contribution in [2.45, 2.75) is 64.0 Å². The van der Waals surface area contributed by atoms with E-state index >= 15 is 0 Å². The van der Waals surface area contributed by atoms with Crippen molar-refractivity contribution in [1.29, 1.82) is 0 Å². The second kappa shape index (κ2) is 8.18. The van der Waals surface area contributed by atoms with E-state index < -0.39 is 20.1 Å². The first-order valence-corrected chi connectivity index (χ1v) is 14.7. The Morgan fingerprint density at radius 1 is 1.27 bits per heavy atom. The lowest BCUT2D eigenvalue weighted by Crippen LogP contribution is -2.29. The fraction of sp³-hybridized carbons (Fsp3) is 0.667. The van der Waals surface area contributed by atoms with Gasteiger partial charge < -0.3 is 9.47 Å². The van der Waals surface area contributed by atoms with Gasteiger partial charge in [-0.05, 0) is 37.6 Å². The number of hydrogen-bond acceptors (Lipinski definition) is 5. The molecule has 2 aliphatic rings. The van der Waals surface area contributed by atoms with Crippen LogP contribution < -0.4 is 9.47 Å². The Morgan fingerprint density at radius 2 is 2.07 bits per heavy atom. The molecule has 0 N–H and O–H groups in total. The molecular weight excluding hydrogens is 428 g/mol. The molecular formula is C21H28ClF2N3O2Si.